The number of halogens is 2. The van der Waals surface area contributed by atoms with E-state index in [0.29, 0.717) is 19.0 Å². The number of hydrogen-bond acceptors (Lipinski definition) is 2. The van der Waals surface area contributed by atoms with Crippen molar-refractivity contribution < 1.29 is 12.8 Å². The Morgan fingerprint density at radius 2 is 2.24 bits per heavy atom. The van der Waals surface area contributed by atoms with Gasteiger partial charge >= 0.3 is 0 Å². The van der Waals surface area contributed by atoms with Crippen LogP contribution < -0.4 is 0 Å². The fourth-order valence-corrected chi connectivity index (χ4v) is 4.01. The van der Waals surface area contributed by atoms with Crippen LogP contribution in [0.4, 0.5) is 4.39 Å². The molecule has 1 aliphatic heterocycles. The van der Waals surface area contributed by atoms with Crippen molar-refractivity contribution in [1.82, 2.24) is 4.31 Å². The van der Waals surface area contributed by atoms with Gasteiger partial charge in [0.1, 0.15) is 5.82 Å². The molecule has 0 saturated carbocycles. The first-order valence-electron chi connectivity index (χ1n) is 5.35. The molecular weight excluding hydrogens is 309 g/mol. The highest BCUT2D eigenvalue weighted by molar-refractivity contribution is 9.09. The molecule has 1 heterocycles. The minimum Gasteiger partial charge on any atom is -0.207 e. The van der Waals surface area contributed by atoms with Gasteiger partial charge in [0.25, 0.3) is 0 Å². The predicted molar refractivity (Wildman–Crippen MR) is 67.1 cm³/mol. The van der Waals surface area contributed by atoms with Crippen LogP contribution in [0.3, 0.4) is 0 Å². The molecule has 0 radical (unpaired) electrons. The Labute approximate surface area is 109 Å². The van der Waals surface area contributed by atoms with E-state index in [-0.39, 0.29) is 4.90 Å². The van der Waals surface area contributed by atoms with E-state index in [1.807, 2.05) is 0 Å². The summed E-state index contributed by atoms with van der Waals surface area (Å²) in [6.45, 7) is 1.01. The Morgan fingerprint density at radius 3 is 2.82 bits per heavy atom. The lowest BCUT2D eigenvalue weighted by atomic mass is 10.2. The van der Waals surface area contributed by atoms with Gasteiger partial charge in [-0.3, -0.25) is 0 Å². The van der Waals surface area contributed by atoms with Gasteiger partial charge in [-0.25, -0.2) is 12.8 Å². The highest BCUT2D eigenvalue weighted by Crippen LogP contribution is 2.25. The summed E-state index contributed by atoms with van der Waals surface area (Å²) in [6, 6.07) is 5.15. The van der Waals surface area contributed by atoms with Crippen LogP contribution in [0, 0.1) is 11.7 Å². The van der Waals surface area contributed by atoms with Crippen LogP contribution in [0.2, 0.25) is 0 Å². The van der Waals surface area contributed by atoms with Gasteiger partial charge in [0.05, 0.1) is 4.90 Å². The van der Waals surface area contributed by atoms with E-state index in [4.69, 9.17) is 0 Å². The Kier molecular flexibility index (Phi) is 3.85. The minimum absolute atomic E-state index is 0.0349. The zero-order valence-electron chi connectivity index (χ0n) is 9.14. The highest BCUT2D eigenvalue weighted by atomic mass is 79.9. The fraction of sp³-hybridized carbons (Fsp3) is 0.455. The summed E-state index contributed by atoms with van der Waals surface area (Å²) >= 11 is 3.36. The number of hydrogen-bond donors (Lipinski definition) is 0. The van der Waals surface area contributed by atoms with Crippen molar-refractivity contribution in [3.63, 3.8) is 0 Å². The van der Waals surface area contributed by atoms with Gasteiger partial charge < -0.3 is 0 Å². The lowest BCUT2D eigenvalue weighted by molar-refractivity contribution is 0.465. The Hall–Kier alpha value is -0.460. The largest absolute Gasteiger partial charge is 0.243 e. The van der Waals surface area contributed by atoms with E-state index in [9.17, 15) is 12.8 Å². The molecule has 1 aromatic carbocycles. The molecule has 3 nitrogen and oxygen atoms in total. The second kappa shape index (κ2) is 5.04. The molecule has 94 valence electrons. The lowest BCUT2D eigenvalue weighted by Gasteiger charge is -2.16. The van der Waals surface area contributed by atoms with E-state index in [1.54, 1.807) is 0 Å². The normalized spacial score (nSPS) is 21.9. The number of rotatable bonds is 3. The van der Waals surface area contributed by atoms with Gasteiger partial charge in [-0.15, -0.1) is 0 Å². The lowest BCUT2D eigenvalue weighted by Crippen LogP contribution is -2.29. The first-order valence-corrected chi connectivity index (χ1v) is 7.92. The van der Waals surface area contributed by atoms with Crippen LogP contribution in [-0.4, -0.2) is 31.1 Å². The molecule has 1 atom stereocenters. The van der Waals surface area contributed by atoms with E-state index in [2.05, 4.69) is 15.9 Å². The van der Waals surface area contributed by atoms with Crippen LogP contribution in [0.25, 0.3) is 0 Å². The molecule has 1 aliphatic rings. The van der Waals surface area contributed by atoms with E-state index >= 15 is 0 Å². The summed E-state index contributed by atoms with van der Waals surface area (Å²) in [5.41, 5.74) is 0. The SMILES string of the molecule is O=S(=O)(c1cccc(F)c1)N1CCC(CBr)C1. The van der Waals surface area contributed by atoms with Crippen molar-refractivity contribution in [2.75, 3.05) is 18.4 Å². The molecule has 0 aliphatic carbocycles. The molecule has 0 N–H and O–H groups in total. The highest BCUT2D eigenvalue weighted by Gasteiger charge is 2.32. The van der Waals surface area contributed by atoms with E-state index in [1.165, 1.54) is 22.5 Å². The standard InChI is InChI=1S/C11H13BrFNO2S/c12-7-9-4-5-14(8-9)17(15,16)11-3-1-2-10(13)6-11/h1-3,6,9H,4-5,7-8H2. The van der Waals surface area contributed by atoms with Gasteiger partial charge in [0.15, 0.2) is 0 Å². The molecule has 2 rings (SSSR count). The number of sulfonamides is 1. The van der Waals surface area contributed by atoms with Crippen molar-refractivity contribution in [2.45, 2.75) is 11.3 Å². The molecule has 1 saturated heterocycles. The van der Waals surface area contributed by atoms with Gasteiger partial charge in [-0.1, -0.05) is 22.0 Å². The second-order valence-corrected chi connectivity index (χ2v) is 6.71. The fourth-order valence-electron chi connectivity index (χ4n) is 1.92. The topological polar surface area (TPSA) is 37.4 Å². The van der Waals surface area contributed by atoms with Crippen LogP contribution in [0.1, 0.15) is 6.42 Å². The first kappa shape index (κ1) is 13.0. The zero-order chi connectivity index (χ0) is 12.5. The smallest absolute Gasteiger partial charge is 0.207 e. The molecule has 6 heteroatoms. The van der Waals surface area contributed by atoms with Crippen molar-refractivity contribution in [3.05, 3.63) is 30.1 Å². The van der Waals surface area contributed by atoms with E-state index in [0.717, 1.165) is 17.8 Å². The quantitative estimate of drug-likeness (QED) is 0.801. The van der Waals surface area contributed by atoms with Crippen molar-refractivity contribution in [3.8, 4) is 0 Å². The summed E-state index contributed by atoms with van der Waals surface area (Å²) in [4.78, 5) is 0.0349. The third kappa shape index (κ3) is 2.69. The number of alkyl halides is 1. The summed E-state index contributed by atoms with van der Waals surface area (Å²) in [6.07, 6.45) is 0.847. The Morgan fingerprint density at radius 1 is 1.47 bits per heavy atom. The molecular formula is C11H13BrFNO2S. The van der Waals surface area contributed by atoms with Crippen LogP contribution in [-0.2, 0) is 10.0 Å². The van der Waals surface area contributed by atoms with Gasteiger partial charge in [0.2, 0.25) is 10.0 Å². The number of benzene rings is 1. The maximum Gasteiger partial charge on any atom is 0.243 e. The third-order valence-corrected chi connectivity index (χ3v) is 5.68. The van der Waals surface area contributed by atoms with Crippen molar-refractivity contribution >= 4 is 26.0 Å². The maximum absolute atomic E-state index is 13.0. The van der Waals surface area contributed by atoms with Crippen LogP contribution in [0.5, 0.6) is 0 Å². The summed E-state index contributed by atoms with van der Waals surface area (Å²) in [5, 5.41) is 0.794. The third-order valence-electron chi connectivity index (χ3n) is 2.90. The summed E-state index contributed by atoms with van der Waals surface area (Å²) in [7, 11) is -3.53. The van der Waals surface area contributed by atoms with Gasteiger partial charge in [-0.05, 0) is 30.5 Å². The monoisotopic (exact) mass is 321 g/mol. The molecule has 0 amide bonds. The van der Waals surface area contributed by atoms with Gasteiger partial charge in [-0.2, -0.15) is 4.31 Å². The molecule has 0 spiro atoms. The zero-order valence-corrected chi connectivity index (χ0v) is 11.5. The summed E-state index contributed by atoms with van der Waals surface area (Å²) in [5.74, 6) is -0.180. The molecule has 1 fully saturated rings. The van der Waals surface area contributed by atoms with Crippen LogP contribution >= 0.6 is 15.9 Å². The average Bonchev–Trinajstić information content (AvgIpc) is 2.78. The average molecular weight is 322 g/mol. The van der Waals surface area contributed by atoms with Crippen molar-refractivity contribution in [2.24, 2.45) is 5.92 Å². The molecule has 17 heavy (non-hydrogen) atoms. The van der Waals surface area contributed by atoms with Gasteiger partial charge in [0, 0.05) is 18.4 Å². The van der Waals surface area contributed by atoms with Crippen LogP contribution in [0.15, 0.2) is 29.2 Å². The maximum atomic E-state index is 13.0. The van der Waals surface area contributed by atoms with Crippen molar-refractivity contribution in [1.29, 1.82) is 0 Å². The Balaban J connectivity index is 2.25. The molecule has 0 bridgehead atoms. The second-order valence-electron chi connectivity index (χ2n) is 4.13. The number of nitrogens with zero attached hydrogens (tertiary/aromatic N) is 1. The minimum atomic E-state index is -3.53. The first-order chi connectivity index (χ1) is 8.04. The molecule has 0 aromatic heterocycles. The summed E-state index contributed by atoms with van der Waals surface area (Å²) < 4.78 is 38.8. The molecule has 1 unspecified atom stereocenters. The predicted octanol–water partition coefficient (Wildman–Crippen LogP) is 2.23. The molecule has 1 aromatic rings. The Bertz CT molecular complexity index is 506. The van der Waals surface area contributed by atoms with E-state index < -0.39 is 15.8 Å².